The molecule has 7 nitrogen and oxygen atoms in total. The molecule has 9 heteroatoms. The minimum Gasteiger partial charge on any atom is -0.391 e. The molecule has 2 unspecified atom stereocenters. The molecule has 0 radical (unpaired) electrons. The Labute approximate surface area is 142 Å². The fourth-order valence-electron chi connectivity index (χ4n) is 2.51. The number of primary sulfonamides is 1. The summed E-state index contributed by atoms with van der Waals surface area (Å²) in [5.41, 5.74) is 1.46. The molecule has 1 heterocycles. The lowest BCUT2D eigenvalue weighted by molar-refractivity contribution is 0.0926. The van der Waals surface area contributed by atoms with Gasteiger partial charge in [-0.15, -0.1) is 12.4 Å². The van der Waals surface area contributed by atoms with Crippen LogP contribution in [0, 0.1) is 19.8 Å². The van der Waals surface area contributed by atoms with Crippen molar-refractivity contribution in [2.75, 3.05) is 19.6 Å². The number of β-amino-alcohol motifs (C(OH)–C–C–N with tert-alkyl or cyclic N) is 1. The van der Waals surface area contributed by atoms with Crippen molar-refractivity contribution in [3.63, 3.8) is 0 Å². The van der Waals surface area contributed by atoms with Crippen molar-refractivity contribution >= 4 is 28.3 Å². The third-order valence-corrected chi connectivity index (χ3v) is 5.05. The largest absolute Gasteiger partial charge is 0.391 e. The van der Waals surface area contributed by atoms with Gasteiger partial charge < -0.3 is 15.7 Å². The lowest BCUT2D eigenvalue weighted by Gasteiger charge is -2.15. The van der Waals surface area contributed by atoms with Gasteiger partial charge in [-0.25, -0.2) is 13.6 Å². The summed E-state index contributed by atoms with van der Waals surface area (Å²) >= 11 is 0. The number of aliphatic hydroxyl groups excluding tert-OH is 1. The molecule has 0 bridgehead atoms. The number of halogens is 1. The Kier molecular flexibility index (Phi) is 6.55. The highest BCUT2D eigenvalue weighted by Crippen LogP contribution is 2.20. The number of benzene rings is 1. The number of hydrogen-bond acceptors (Lipinski definition) is 5. The summed E-state index contributed by atoms with van der Waals surface area (Å²) in [6.07, 6.45) is -0.486. The lowest BCUT2D eigenvalue weighted by atomic mass is 10.0. The van der Waals surface area contributed by atoms with E-state index < -0.39 is 16.1 Å². The third-order valence-electron chi connectivity index (χ3n) is 4.02. The van der Waals surface area contributed by atoms with Crippen LogP contribution in [-0.2, 0) is 10.0 Å². The molecule has 0 saturated carbocycles. The Hall–Kier alpha value is -1.19. The fourth-order valence-corrected chi connectivity index (χ4v) is 3.39. The van der Waals surface area contributed by atoms with Gasteiger partial charge in [0.05, 0.1) is 11.0 Å². The number of carbonyl (C=O) groups is 1. The summed E-state index contributed by atoms with van der Waals surface area (Å²) in [6, 6.07) is 2.92. The van der Waals surface area contributed by atoms with Crippen LogP contribution in [-0.4, -0.2) is 45.2 Å². The van der Waals surface area contributed by atoms with Crippen LogP contribution >= 0.6 is 12.4 Å². The molecule has 5 N–H and O–H groups in total. The molecule has 1 aromatic rings. The zero-order valence-electron chi connectivity index (χ0n) is 13.0. The topological polar surface area (TPSA) is 122 Å². The second-order valence-corrected chi connectivity index (χ2v) is 7.19. The van der Waals surface area contributed by atoms with Crippen molar-refractivity contribution in [3.05, 3.63) is 28.8 Å². The zero-order valence-corrected chi connectivity index (χ0v) is 14.6. The summed E-state index contributed by atoms with van der Waals surface area (Å²) in [6.45, 7) is 4.85. The molecule has 1 amide bonds. The van der Waals surface area contributed by atoms with E-state index >= 15 is 0 Å². The average Bonchev–Trinajstić information content (AvgIpc) is 2.83. The summed E-state index contributed by atoms with van der Waals surface area (Å²) in [5, 5.41) is 20.6. The zero-order chi connectivity index (χ0) is 16.5. The molecule has 130 valence electrons. The first-order valence-corrected chi connectivity index (χ1v) is 8.56. The Bertz CT molecular complexity index is 694. The number of aryl methyl sites for hydroxylation is 1. The van der Waals surface area contributed by atoms with Crippen LogP contribution in [0.4, 0.5) is 0 Å². The maximum absolute atomic E-state index is 12.2. The highest BCUT2D eigenvalue weighted by molar-refractivity contribution is 7.89. The van der Waals surface area contributed by atoms with Crippen molar-refractivity contribution in [3.8, 4) is 0 Å². The summed E-state index contributed by atoms with van der Waals surface area (Å²) in [5.74, 6) is -0.430. The van der Waals surface area contributed by atoms with E-state index in [1.54, 1.807) is 19.9 Å². The van der Waals surface area contributed by atoms with Gasteiger partial charge in [0.2, 0.25) is 10.0 Å². The van der Waals surface area contributed by atoms with Crippen LogP contribution in [0.1, 0.15) is 21.5 Å². The van der Waals surface area contributed by atoms with Crippen LogP contribution < -0.4 is 15.8 Å². The number of rotatable bonds is 4. The van der Waals surface area contributed by atoms with Crippen LogP contribution in [0.2, 0.25) is 0 Å². The first kappa shape index (κ1) is 19.9. The van der Waals surface area contributed by atoms with E-state index in [9.17, 15) is 18.3 Å². The maximum Gasteiger partial charge on any atom is 0.251 e. The molecule has 0 spiro atoms. The highest BCUT2D eigenvalue weighted by atomic mass is 35.5. The first-order valence-electron chi connectivity index (χ1n) is 7.01. The molecular formula is C14H22ClN3O4S. The number of amides is 1. The van der Waals surface area contributed by atoms with E-state index in [4.69, 9.17) is 5.14 Å². The predicted octanol–water partition coefficient (Wildman–Crippen LogP) is -0.317. The minimum atomic E-state index is -3.88. The van der Waals surface area contributed by atoms with Crippen molar-refractivity contribution in [2.45, 2.75) is 24.8 Å². The Morgan fingerprint density at radius 3 is 2.57 bits per heavy atom. The summed E-state index contributed by atoms with van der Waals surface area (Å²) in [4.78, 5) is 12.2. The monoisotopic (exact) mass is 363 g/mol. The second-order valence-electron chi connectivity index (χ2n) is 5.66. The van der Waals surface area contributed by atoms with Crippen LogP contribution in [0.3, 0.4) is 0 Å². The molecular weight excluding hydrogens is 342 g/mol. The molecule has 1 saturated heterocycles. The minimum absolute atomic E-state index is 0. The number of carbonyl (C=O) groups excluding carboxylic acids is 1. The van der Waals surface area contributed by atoms with Crippen molar-refractivity contribution in [2.24, 2.45) is 11.1 Å². The molecule has 1 fully saturated rings. The van der Waals surface area contributed by atoms with Gasteiger partial charge in [-0.2, -0.15) is 0 Å². The van der Waals surface area contributed by atoms with Crippen molar-refractivity contribution < 1.29 is 18.3 Å². The van der Waals surface area contributed by atoms with Gasteiger partial charge in [-0.3, -0.25) is 4.79 Å². The van der Waals surface area contributed by atoms with E-state index in [1.807, 2.05) is 0 Å². The van der Waals surface area contributed by atoms with Crippen LogP contribution in [0.5, 0.6) is 0 Å². The van der Waals surface area contributed by atoms with E-state index in [1.165, 1.54) is 6.07 Å². The van der Waals surface area contributed by atoms with E-state index in [0.717, 1.165) is 0 Å². The number of hydrogen-bond donors (Lipinski definition) is 4. The quantitative estimate of drug-likeness (QED) is 0.584. The molecule has 2 rings (SSSR count). The third kappa shape index (κ3) is 4.65. The predicted molar refractivity (Wildman–Crippen MR) is 89.2 cm³/mol. The number of nitrogens with one attached hydrogen (secondary N) is 2. The van der Waals surface area contributed by atoms with Gasteiger partial charge in [0.1, 0.15) is 0 Å². The second kappa shape index (κ2) is 7.59. The van der Waals surface area contributed by atoms with E-state index in [-0.39, 0.29) is 34.7 Å². The Morgan fingerprint density at radius 2 is 2.04 bits per heavy atom. The van der Waals surface area contributed by atoms with Gasteiger partial charge in [-0.1, -0.05) is 0 Å². The molecule has 2 atom stereocenters. The Balaban J connectivity index is 0.00000264. The van der Waals surface area contributed by atoms with Crippen molar-refractivity contribution in [1.29, 1.82) is 0 Å². The van der Waals surface area contributed by atoms with Gasteiger partial charge in [0.25, 0.3) is 5.91 Å². The Morgan fingerprint density at radius 1 is 1.39 bits per heavy atom. The lowest BCUT2D eigenvalue weighted by Crippen LogP contribution is -2.34. The molecule has 0 aliphatic carbocycles. The van der Waals surface area contributed by atoms with E-state index in [0.29, 0.717) is 30.8 Å². The van der Waals surface area contributed by atoms with Crippen LogP contribution in [0.25, 0.3) is 0 Å². The summed E-state index contributed by atoms with van der Waals surface area (Å²) < 4.78 is 23.2. The maximum atomic E-state index is 12.2. The molecule has 1 aliphatic rings. The number of nitrogens with two attached hydrogens (primary N) is 1. The normalized spacial score (nSPS) is 20.9. The molecule has 1 aliphatic heterocycles. The SMILES string of the molecule is Cc1cc(C(=O)NCC2CNCC2O)cc(S(N)(=O)=O)c1C.Cl. The average molecular weight is 364 g/mol. The van der Waals surface area contributed by atoms with Crippen LogP contribution in [0.15, 0.2) is 17.0 Å². The molecule has 23 heavy (non-hydrogen) atoms. The van der Waals surface area contributed by atoms with Crippen molar-refractivity contribution in [1.82, 2.24) is 10.6 Å². The van der Waals surface area contributed by atoms with E-state index in [2.05, 4.69) is 10.6 Å². The molecule has 1 aromatic carbocycles. The first-order chi connectivity index (χ1) is 10.2. The smallest absolute Gasteiger partial charge is 0.251 e. The number of sulfonamides is 1. The fraction of sp³-hybridized carbons (Fsp3) is 0.500. The van der Waals surface area contributed by atoms with Gasteiger partial charge >= 0.3 is 0 Å². The molecule has 0 aromatic heterocycles. The van der Waals surface area contributed by atoms with Gasteiger partial charge in [-0.05, 0) is 37.1 Å². The highest BCUT2D eigenvalue weighted by Gasteiger charge is 2.25. The summed E-state index contributed by atoms with van der Waals surface area (Å²) in [7, 11) is -3.88. The standard InChI is InChI=1S/C14H21N3O4S.ClH/c1-8-3-10(4-13(9(8)2)22(15,20)21)14(19)17-6-11-5-16-7-12(11)18;/h3-4,11-12,16,18H,5-7H2,1-2H3,(H,17,19)(H2,15,20,21);1H. The van der Waals surface area contributed by atoms with Gasteiger partial charge in [0.15, 0.2) is 0 Å². The van der Waals surface area contributed by atoms with Gasteiger partial charge in [0, 0.05) is 31.1 Å². The number of aliphatic hydroxyl groups is 1.